The highest BCUT2D eigenvalue weighted by Crippen LogP contribution is 2.19. The Morgan fingerprint density at radius 1 is 1.04 bits per heavy atom. The lowest BCUT2D eigenvalue weighted by Gasteiger charge is -2.30. The molecule has 154 valence electrons. The van der Waals surface area contributed by atoms with E-state index in [9.17, 15) is 14.7 Å². The van der Waals surface area contributed by atoms with Crippen molar-refractivity contribution in [3.05, 3.63) is 29.8 Å². The fraction of sp³-hybridized carbons (Fsp3) is 0.619. The molecule has 1 aliphatic carbocycles. The van der Waals surface area contributed by atoms with Crippen molar-refractivity contribution in [3.8, 4) is 5.75 Å². The minimum absolute atomic E-state index is 0.0929. The van der Waals surface area contributed by atoms with Gasteiger partial charge in [0, 0.05) is 24.7 Å². The number of benzene rings is 1. The topological polar surface area (TPSA) is 90.9 Å². The Balaban J connectivity index is 1.60. The smallest absolute Gasteiger partial charge is 0.317 e. The van der Waals surface area contributed by atoms with Crippen LogP contribution < -0.4 is 15.4 Å². The quantitative estimate of drug-likeness (QED) is 0.737. The molecule has 1 heterocycles. The molecule has 28 heavy (non-hydrogen) atoms. The van der Waals surface area contributed by atoms with E-state index >= 15 is 0 Å². The van der Waals surface area contributed by atoms with E-state index in [-0.39, 0.29) is 18.0 Å². The summed E-state index contributed by atoms with van der Waals surface area (Å²) in [5, 5.41) is 16.5. The second kappa shape index (κ2) is 9.78. The number of hydrogen-bond acceptors (Lipinski definition) is 4. The number of urea groups is 1. The van der Waals surface area contributed by atoms with Gasteiger partial charge < -0.3 is 25.4 Å². The van der Waals surface area contributed by atoms with Crippen molar-refractivity contribution in [2.75, 3.05) is 20.2 Å². The van der Waals surface area contributed by atoms with E-state index in [1.807, 2.05) is 0 Å². The highest BCUT2D eigenvalue weighted by atomic mass is 16.5. The van der Waals surface area contributed by atoms with Crippen LogP contribution in [0.3, 0.4) is 0 Å². The molecule has 2 unspecified atom stereocenters. The van der Waals surface area contributed by atoms with Crippen molar-refractivity contribution >= 4 is 11.9 Å². The van der Waals surface area contributed by atoms with Crippen LogP contribution in [0, 0.1) is 0 Å². The van der Waals surface area contributed by atoms with Gasteiger partial charge in [-0.15, -0.1) is 0 Å². The Hall–Kier alpha value is -2.28. The number of aliphatic hydroxyl groups is 1. The van der Waals surface area contributed by atoms with E-state index in [4.69, 9.17) is 4.74 Å². The first-order valence-corrected chi connectivity index (χ1v) is 10.2. The highest BCUT2D eigenvalue weighted by molar-refractivity contribution is 5.94. The van der Waals surface area contributed by atoms with Crippen LogP contribution in [0.5, 0.6) is 5.75 Å². The molecule has 0 aromatic heterocycles. The van der Waals surface area contributed by atoms with E-state index in [1.54, 1.807) is 36.3 Å². The number of nitrogens with zero attached hydrogens (tertiary/aromatic N) is 1. The molecule has 2 fully saturated rings. The molecule has 7 heteroatoms. The Bertz CT molecular complexity index is 658. The minimum atomic E-state index is -0.672. The number of ether oxygens (including phenoxy) is 1. The number of aliphatic hydroxyl groups excluding tert-OH is 1. The van der Waals surface area contributed by atoms with E-state index in [2.05, 4.69) is 10.6 Å². The number of likely N-dealkylation sites (tertiary alicyclic amines) is 1. The Kier molecular flexibility index (Phi) is 7.14. The second-order valence-electron chi connectivity index (χ2n) is 7.75. The Labute approximate surface area is 166 Å². The fourth-order valence-electron chi connectivity index (χ4n) is 3.98. The highest BCUT2D eigenvalue weighted by Gasteiger charge is 2.30. The second-order valence-corrected chi connectivity index (χ2v) is 7.75. The van der Waals surface area contributed by atoms with Crippen LogP contribution in [0.2, 0.25) is 0 Å². The molecule has 3 N–H and O–H groups in total. The summed E-state index contributed by atoms with van der Waals surface area (Å²) in [5.41, 5.74) is 0.496. The Morgan fingerprint density at radius 3 is 2.43 bits per heavy atom. The normalized spacial score (nSPS) is 23.6. The van der Waals surface area contributed by atoms with Crippen LogP contribution in [0.4, 0.5) is 4.79 Å². The fourth-order valence-corrected chi connectivity index (χ4v) is 3.98. The van der Waals surface area contributed by atoms with Gasteiger partial charge in [0.15, 0.2) is 0 Å². The summed E-state index contributed by atoms with van der Waals surface area (Å²) < 4.78 is 5.11. The van der Waals surface area contributed by atoms with Crippen molar-refractivity contribution in [1.29, 1.82) is 0 Å². The summed E-state index contributed by atoms with van der Waals surface area (Å²) in [4.78, 5) is 27.0. The zero-order chi connectivity index (χ0) is 19.9. The molecule has 1 aliphatic heterocycles. The van der Waals surface area contributed by atoms with E-state index in [0.717, 1.165) is 25.7 Å². The lowest BCUT2D eigenvalue weighted by molar-refractivity contribution is 0.0808. The molecule has 2 aliphatic rings. The number of amides is 3. The lowest BCUT2D eigenvalue weighted by atomic mass is 9.96. The molecule has 2 atom stereocenters. The van der Waals surface area contributed by atoms with Crippen LogP contribution in [0.15, 0.2) is 24.3 Å². The molecular formula is C21H31N3O4. The number of carbonyl (C=O) groups excluding carboxylic acids is 2. The minimum Gasteiger partial charge on any atom is -0.497 e. The molecular weight excluding hydrogens is 358 g/mol. The van der Waals surface area contributed by atoms with Crippen LogP contribution in [0.1, 0.15) is 55.3 Å². The van der Waals surface area contributed by atoms with Gasteiger partial charge in [0.25, 0.3) is 5.91 Å². The number of nitrogens with one attached hydrogen (secondary N) is 2. The molecule has 7 nitrogen and oxygen atoms in total. The predicted octanol–water partition coefficient (Wildman–Crippen LogP) is 2.29. The van der Waals surface area contributed by atoms with Crippen molar-refractivity contribution in [1.82, 2.24) is 15.5 Å². The monoisotopic (exact) mass is 389 g/mol. The van der Waals surface area contributed by atoms with Crippen LogP contribution >= 0.6 is 0 Å². The number of methoxy groups -OCH3 is 1. The molecule has 1 saturated carbocycles. The number of carbonyl (C=O) groups is 2. The molecule has 1 aromatic rings. The maximum atomic E-state index is 12.7. The van der Waals surface area contributed by atoms with E-state index < -0.39 is 12.1 Å². The van der Waals surface area contributed by atoms with Crippen molar-refractivity contribution < 1.29 is 19.4 Å². The first-order chi connectivity index (χ1) is 13.6. The van der Waals surface area contributed by atoms with Crippen molar-refractivity contribution in [2.45, 2.75) is 63.1 Å². The van der Waals surface area contributed by atoms with Gasteiger partial charge in [-0.2, -0.15) is 0 Å². The molecule has 1 saturated heterocycles. The third kappa shape index (κ3) is 5.38. The third-order valence-corrected chi connectivity index (χ3v) is 5.70. The SMILES string of the molecule is COc1ccc(C(=O)NC2CN(C(=O)NC3CCCCC3)CCCC2O)cc1. The van der Waals surface area contributed by atoms with Gasteiger partial charge in [-0.1, -0.05) is 19.3 Å². The molecule has 3 amide bonds. The molecule has 1 aromatic carbocycles. The van der Waals surface area contributed by atoms with Gasteiger partial charge in [-0.3, -0.25) is 4.79 Å². The number of rotatable bonds is 4. The molecule has 0 radical (unpaired) electrons. The van der Waals surface area contributed by atoms with Crippen molar-refractivity contribution in [3.63, 3.8) is 0 Å². The first kappa shape index (κ1) is 20.5. The van der Waals surface area contributed by atoms with Gasteiger partial charge >= 0.3 is 6.03 Å². The summed E-state index contributed by atoms with van der Waals surface area (Å²) in [6, 6.07) is 6.47. The lowest BCUT2D eigenvalue weighted by Crippen LogP contribution is -2.53. The first-order valence-electron chi connectivity index (χ1n) is 10.2. The van der Waals surface area contributed by atoms with Crippen LogP contribution in [-0.2, 0) is 0 Å². The maximum Gasteiger partial charge on any atom is 0.317 e. The van der Waals surface area contributed by atoms with Gasteiger partial charge in [0.1, 0.15) is 5.75 Å². The summed E-state index contributed by atoms with van der Waals surface area (Å²) in [6.07, 6.45) is 6.21. The average molecular weight is 389 g/mol. The van der Waals surface area contributed by atoms with E-state index in [0.29, 0.717) is 37.2 Å². The van der Waals surface area contributed by atoms with Crippen molar-refractivity contribution in [2.24, 2.45) is 0 Å². The average Bonchev–Trinajstić information content (AvgIpc) is 2.90. The zero-order valence-electron chi connectivity index (χ0n) is 16.5. The largest absolute Gasteiger partial charge is 0.497 e. The number of hydrogen-bond donors (Lipinski definition) is 3. The van der Waals surface area contributed by atoms with Crippen LogP contribution in [0.25, 0.3) is 0 Å². The Morgan fingerprint density at radius 2 is 1.75 bits per heavy atom. The van der Waals surface area contributed by atoms with Gasteiger partial charge in [0.2, 0.25) is 0 Å². The zero-order valence-corrected chi connectivity index (χ0v) is 16.5. The summed E-state index contributed by atoms with van der Waals surface area (Å²) in [7, 11) is 1.57. The summed E-state index contributed by atoms with van der Waals surface area (Å²) >= 11 is 0. The summed E-state index contributed by atoms with van der Waals surface area (Å²) in [6.45, 7) is 0.895. The van der Waals surface area contributed by atoms with Crippen LogP contribution in [-0.4, -0.2) is 60.3 Å². The predicted molar refractivity (Wildman–Crippen MR) is 106 cm³/mol. The molecule has 0 bridgehead atoms. The van der Waals surface area contributed by atoms with E-state index in [1.165, 1.54) is 6.42 Å². The molecule has 3 rings (SSSR count). The van der Waals surface area contributed by atoms with Gasteiger partial charge in [-0.25, -0.2) is 4.79 Å². The standard InChI is InChI=1S/C21H31N3O4/c1-28-17-11-9-15(10-12-17)20(26)23-18-14-24(13-5-8-19(18)25)21(27)22-16-6-3-2-4-7-16/h9-12,16,18-19,25H,2-8,13-14H2,1H3,(H,22,27)(H,23,26). The van der Waals surface area contributed by atoms with Gasteiger partial charge in [-0.05, 0) is 49.9 Å². The summed E-state index contributed by atoms with van der Waals surface area (Å²) in [5.74, 6) is 0.415. The third-order valence-electron chi connectivity index (χ3n) is 5.70. The van der Waals surface area contributed by atoms with Gasteiger partial charge in [0.05, 0.1) is 19.3 Å². The maximum absolute atomic E-state index is 12.7. The molecule has 0 spiro atoms.